The van der Waals surface area contributed by atoms with Crippen LogP contribution in [0.4, 0.5) is 0 Å². The molecule has 1 aromatic rings. The predicted octanol–water partition coefficient (Wildman–Crippen LogP) is 3.40. The predicted molar refractivity (Wildman–Crippen MR) is 60.6 cm³/mol. The molecule has 0 radical (unpaired) electrons. The van der Waals surface area contributed by atoms with Gasteiger partial charge in [0.25, 0.3) is 0 Å². The molecule has 1 aliphatic rings. The number of benzene rings is 1. The second-order valence-corrected chi connectivity index (χ2v) is 4.56. The Hall–Kier alpha value is -0.530. The van der Waals surface area contributed by atoms with Gasteiger partial charge >= 0.3 is 0 Å². The van der Waals surface area contributed by atoms with Gasteiger partial charge in [-0.2, -0.15) is 0 Å². The minimum absolute atomic E-state index is 0.438. The van der Waals surface area contributed by atoms with Crippen molar-refractivity contribution in [2.45, 2.75) is 25.8 Å². The van der Waals surface area contributed by atoms with Crippen molar-refractivity contribution in [1.82, 2.24) is 5.32 Å². The fraction of sp³-hybridized carbons (Fsp3) is 0.500. The molecular formula is C12H16ClN. The summed E-state index contributed by atoms with van der Waals surface area (Å²) in [6.45, 7) is 3.36. The zero-order valence-electron chi connectivity index (χ0n) is 8.46. The fourth-order valence-corrected chi connectivity index (χ4v) is 1.66. The minimum atomic E-state index is 0.438. The molecule has 14 heavy (non-hydrogen) atoms. The van der Waals surface area contributed by atoms with E-state index in [2.05, 4.69) is 24.4 Å². The maximum Gasteiger partial charge on any atom is 0.0406 e. The quantitative estimate of drug-likeness (QED) is 0.802. The Bertz CT molecular complexity index is 290. The molecule has 0 aliphatic heterocycles. The number of rotatable bonds is 4. The van der Waals surface area contributed by atoms with E-state index >= 15 is 0 Å². The van der Waals surface area contributed by atoms with E-state index in [-0.39, 0.29) is 0 Å². The maximum atomic E-state index is 5.83. The normalized spacial score (nSPS) is 18.1. The zero-order chi connectivity index (χ0) is 9.97. The van der Waals surface area contributed by atoms with Gasteiger partial charge in [-0.05, 0) is 49.9 Å². The molecule has 0 heterocycles. The Balaban J connectivity index is 1.88. The molecule has 0 bridgehead atoms. The molecule has 0 spiro atoms. The van der Waals surface area contributed by atoms with Crippen molar-refractivity contribution < 1.29 is 0 Å². The van der Waals surface area contributed by atoms with E-state index in [1.807, 2.05) is 12.1 Å². The molecule has 1 fully saturated rings. The molecule has 2 heteroatoms. The van der Waals surface area contributed by atoms with E-state index < -0.39 is 0 Å². The molecule has 1 saturated carbocycles. The molecule has 1 nitrogen and oxygen atoms in total. The first-order valence-corrected chi connectivity index (χ1v) is 5.62. The van der Waals surface area contributed by atoms with Gasteiger partial charge in [-0.3, -0.25) is 0 Å². The van der Waals surface area contributed by atoms with Crippen LogP contribution in [0.25, 0.3) is 0 Å². The van der Waals surface area contributed by atoms with Crippen LogP contribution in [0.5, 0.6) is 0 Å². The van der Waals surface area contributed by atoms with Gasteiger partial charge in [-0.15, -0.1) is 0 Å². The van der Waals surface area contributed by atoms with E-state index in [0.717, 1.165) is 17.5 Å². The fourth-order valence-electron chi connectivity index (χ4n) is 1.53. The van der Waals surface area contributed by atoms with E-state index in [0.29, 0.717) is 6.04 Å². The summed E-state index contributed by atoms with van der Waals surface area (Å²) in [7, 11) is 0. The van der Waals surface area contributed by atoms with Crippen LogP contribution >= 0.6 is 11.6 Å². The van der Waals surface area contributed by atoms with Crippen LogP contribution in [0.3, 0.4) is 0 Å². The van der Waals surface area contributed by atoms with Crippen LogP contribution in [0.2, 0.25) is 5.02 Å². The lowest BCUT2D eigenvalue weighted by Crippen LogP contribution is -2.20. The van der Waals surface area contributed by atoms with E-state index in [9.17, 15) is 0 Å². The van der Waals surface area contributed by atoms with Crippen LogP contribution in [-0.2, 0) is 0 Å². The maximum absolute atomic E-state index is 5.83. The number of hydrogen-bond donors (Lipinski definition) is 1. The minimum Gasteiger partial charge on any atom is -0.310 e. The van der Waals surface area contributed by atoms with Crippen molar-refractivity contribution in [2.24, 2.45) is 5.92 Å². The molecule has 1 aliphatic carbocycles. The highest BCUT2D eigenvalue weighted by Gasteiger charge is 2.21. The van der Waals surface area contributed by atoms with Crippen molar-refractivity contribution in [3.05, 3.63) is 34.9 Å². The Morgan fingerprint density at radius 2 is 2.00 bits per heavy atom. The molecule has 1 N–H and O–H groups in total. The van der Waals surface area contributed by atoms with Crippen molar-refractivity contribution in [1.29, 1.82) is 0 Å². The van der Waals surface area contributed by atoms with Crippen molar-refractivity contribution in [3.8, 4) is 0 Å². The van der Waals surface area contributed by atoms with E-state index in [1.54, 1.807) is 0 Å². The second-order valence-electron chi connectivity index (χ2n) is 4.12. The largest absolute Gasteiger partial charge is 0.310 e. The lowest BCUT2D eigenvalue weighted by atomic mass is 10.1. The highest BCUT2D eigenvalue weighted by molar-refractivity contribution is 6.30. The summed E-state index contributed by atoms with van der Waals surface area (Å²) >= 11 is 5.83. The van der Waals surface area contributed by atoms with Gasteiger partial charge in [-0.1, -0.05) is 23.7 Å². The summed E-state index contributed by atoms with van der Waals surface area (Å²) in [5, 5.41) is 4.35. The van der Waals surface area contributed by atoms with Crippen molar-refractivity contribution >= 4 is 11.6 Å². The summed E-state index contributed by atoms with van der Waals surface area (Å²) < 4.78 is 0. The molecule has 0 aromatic heterocycles. The SMILES string of the molecule is C[C@H](NCC1CC1)c1ccc(Cl)cc1. The second kappa shape index (κ2) is 4.33. The highest BCUT2D eigenvalue weighted by Crippen LogP contribution is 2.28. The molecule has 76 valence electrons. The topological polar surface area (TPSA) is 12.0 Å². The number of nitrogens with one attached hydrogen (secondary N) is 1. The average Bonchev–Trinajstić information content (AvgIpc) is 2.99. The van der Waals surface area contributed by atoms with Gasteiger partial charge in [0.1, 0.15) is 0 Å². The summed E-state index contributed by atoms with van der Waals surface area (Å²) in [6.07, 6.45) is 2.81. The molecule has 0 amide bonds. The number of halogens is 1. The van der Waals surface area contributed by atoms with Gasteiger partial charge in [-0.25, -0.2) is 0 Å². The van der Waals surface area contributed by atoms with Crippen molar-refractivity contribution in [2.75, 3.05) is 6.54 Å². The van der Waals surface area contributed by atoms with Crippen molar-refractivity contribution in [3.63, 3.8) is 0 Å². The lowest BCUT2D eigenvalue weighted by molar-refractivity contribution is 0.549. The monoisotopic (exact) mass is 209 g/mol. The first-order chi connectivity index (χ1) is 6.75. The third-order valence-electron chi connectivity index (χ3n) is 2.78. The van der Waals surface area contributed by atoms with Gasteiger partial charge < -0.3 is 5.32 Å². The summed E-state index contributed by atoms with van der Waals surface area (Å²) in [6, 6.07) is 8.52. The highest BCUT2D eigenvalue weighted by atomic mass is 35.5. The first kappa shape index (κ1) is 10.0. The average molecular weight is 210 g/mol. The standard InChI is InChI=1S/C12H16ClN/c1-9(14-8-10-2-3-10)11-4-6-12(13)7-5-11/h4-7,9-10,14H,2-3,8H2,1H3/t9-/m0/s1. The van der Waals surface area contributed by atoms with Gasteiger partial charge in [0, 0.05) is 11.1 Å². The third-order valence-corrected chi connectivity index (χ3v) is 3.03. The van der Waals surface area contributed by atoms with E-state index in [1.165, 1.54) is 18.4 Å². The van der Waals surface area contributed by atoms with Gasteiger partial charge in [0.05, 0.1) is 0 Å². The Morgan fingerprint density at radius 3 is 2.57 bits per heavy atom. The van der Waals surface area contributed by atoms with Crippen LogP contribution < -0.4 is 5.32 Å². The molecule has 0 unspecified atom stereocenters. The Morgan fingerprint density at radius 1 is 1.36 bits per heavy atom. The Labute approximate surface area is 90.5 Å². The zero-order valence-corrected chi connectivity index (χ0v) is 9.22. The molecule has 1 atom stereocenters. The van der Waals surface area contributed by atoms with Crippen LogP contribution in [-0.4, -0.2) is 6.54 Å². The van der Waals surface area contributed by atoms with Gasteiger partial charge in [0.15, 0.2) is 0 Å². The van der Waals surface area contributed by atoms with E-state index in [4.69, 9.17) is 11.6 Å². The van der Waals surface area contributed by atoms with Crippen LogP contribution in [0, 0.1) is 5.92 Å². The lowest BCUT2D eigenvalue weighted by Gasteiger charge is -2.13. The summed E-state index contributed by atoms with van der Waals surface area (Å²) in [4.78, 5) is 0. The molecule has 0 saturated heterocycles. The summed E-state index contributed by atoms with van der Waals surface area (Å²) in [5.41, 5.74) is 1.31. The number of hydrogen-bond acceptors (Lipinski definition) is 1. The van der Waals surface area contributed by atoms with Gasteiger partial charge in [0.2, 0.25) is 0 Å². The van der Waals surface area contributed by atoms with Crippen LogP contribution in [0.1, 0.15) is 31.4 Å². The van der Waals surface area contributed by atoms with Crippen LogP contribution in [0.15, 0.2) is 24.3 Å². The molecule has 1 aromatic carbocycles. The Kier molecular flexibility index (Phi) is 3.09. The third kappa shape index (κ3) is 2.73. The molecular weight excluding hydrogens is 194 g/mol. The molecule has 2 rings (SSSR count). The summed E-state index contributed by atoms with van der Waals surface area (Å²) in [5.74, 6) is 0.935. The first-order valence-electron chi connectivity index (χ1n) is 5.24. The smallest absolute Gasteiger partial charge is 0.0406 e.